The quantitative estimate of drug-likeness (QED) is 0.872. The number of aliphatic hydroxyl groups is 1. The molecular formula is C12H18N2O2S. The van der Waals surface area contributed by atoms with Gasteiger partial charge in [0.15, 0.2) is 0 Å². The summed E-state index contributed by atoms with van der Waals surface area (Å²) >= 11 is 1.57. The SMILES string of the molecule is Cc1nc(C(=O)N2CCC(CO)CC2)c(C)s1. The Kier molecular flexibility index (Phi) is 3.79. The predicted molar refractivity (Wildman–Crippen MR) is 67.3 cm³/mol. The van der Waals surface area contributed by atoms with Crippen molar-refractivity contribution in [2.75, 3.05) is 19.7 Å². The largest absolute Gasteiger partial charge is 0.396 e. The van der Waals surface area contributed by atoms with Crippen LogP contribution in [-0.4, -0.2) is 40.6 Å². The molecule has 0 saturated carbocycles. The Morgan fingerprint density at radius 2 is 2.12 bits per heavy atom. The number of thiazole rings is 1. The number of aryl methyl sites for hydroxylation is 2. The van der Waals surface area contributed by atoms with Crippen LogP contribution in [0.5, 0.6) is 0 Å². The highest BCUT2D eigenvalue weighted by Crippen LogP contribution is 2.22. The Balaban J connectivity index is 2.04. The molecular weight excluding hydrogens is 236 g/mol. The van der Waals surface area contributed by atoms with E-state index < -0.39 is 0 Å². The van der Waals surface area contributed by atoms with Crippen molar-refractivity contribution in [1.29, 1.82) is 0 Å². The van der Waals surface area contributed by atoms with Gasteiger partial charge in [0.1, 0.15) is 5.69 Å². The third-order valence-corrected chi connectivity index (χ3v) is 4.15. The number of aromatic nitrogens is 1. The van der Waals surface area contributed by atoms with Crippen molar-refractivity contribution in [3.05, 3.63) is 15.6 Å². The number of carbonyl (C=O) groups is 1. The maximum absolute atomic E-state index is 12.2. The molecule has 1 aromatic heterocycles. The average Bonchev–Trinajstić information content (AvgIpc) is 2.68. The molecule has 94 valence electrons. The maximum atomic E-state index is 12.2. The standard InChI is InChI=1S/C12H18N2O2S/c1-8-11(13-9(2)17-8)12(16)14-5-3-10(7-15)4-6-14/h10,15H,3-7H2,1-2H3. The van der Waals surface area contributed by atoms with E-state index in [0.29, 0.717) is 11.6 Å². The number of carbonyl (C=O) groups excluding carboxylic acids is 1. The molecule has 0 atom stereocenters. The zero-order chi connectivity index (χ0) is 12.4. The first-order chi connectivity index (χ1) is 8.11. The minimum atomic E-state index is 0.0447. The molecule has 0 radical (unpaired) electrons. The average molecular weight is 254 g/mol. The van der Waals surface area contributed by atoms with Crippen LogP contribution in [0.4, 0.5) is 0 Å². The Morgan fingerprint density at radius 1 is 1.47 bits per heavy atom. The maximum Gasteiger partial charge on any atom is 0.273 e. The molecule has 2 rings (SSSR count). The monoisotopic (exact) mass is 254 g/mol. The van der Waals surface area contributed by atoms with Gasteiger partial charge >= 0.3 is 0 Å². The first-order valence-corrected chi connectivity index (χ1v) is 6.77. The van der Waals surface area contributed by atoms with Gasteiger partial charge in [-0.2, -0.15) is 0 Å². The van der Waals surface area contributed by atoms with Crippen LogP contribution in [0.1, 0.15) is 33.2 Å². The van der Waals surface area contributed by atoms with Crippen LogP contribution in [0.15, 0.2) is 0 Å². The van der Waals surface area contributed by atoms with Gasteiger partial charge in [-0.1, -0.05) is 0 Å². The summed E-state index contributed by atoms with van der Waals surface area (Å²) in [4.78, 5) is 19.4. The molecule has 0 unspecified atom stereocenters. The second kappa shape index (κ2) is 5.14. The molecule has 0 aromatic carbocycles. The second-order valence-corrected chi connectivity index (χ2v) is 5.96. The number of hydrogen-bond donors (Lipinski definition) is 1. The van der Waals surface area contributed by atoms with Crippen molar-refractivity contribution >= 4 is 17.2 Å². The number of amides is 1. The van der Waals surface area contributed by atoms with E-state index in [1.165, 1.54) is 0 Å². The Labute approximate surface area is 105 Å². The van der Waals surface area contributed by atoms with E-state index in [1.54, 1.807) is 11.3 Å². The van der Waals surface area contributed by atoms with E-state index in [9.17, 15) is 4.79 Å². The summed E-state index contributed by atoms with van der Waals surface area (Å²) < 4.78 is 0. The molecule has 0 bridgehead atoms. The summed E-state index contributed by atoms with van der Waals surface area (Å²) in [7, 11) is 0. The van der Waals surface area contributed by atoms with Gasteiger partial charge in [0.2, 0.25) is 0 Å². The number of likely N-dealkylation sites (tertiary alicyclic amines) is 1. The predicted octanol–water partition coefficient (Wildman–Crippen LogP) is 1.60. The first kappa shape index (κ1) is 12.5. The van der Waals surface area contributed by atoms with Gasteiger partial charge in [-0.25, -0.2) is 4.98 Å². The van der Waals surface area contributed by atoms with Crippen LogP contribution in [0.2, 0.25) is 0 Å². The van der Waals surface area contributed by atoms with Crippen LogP contribution < -0.4 is 0 Å². The Bertz CT molecular complexity index is 409. The van der Waals surface area contributed by atoms with Crippen LogP contribution in [0.25, 0.3) is 0 Å². The van der Waals surface area contributed by atoms with E-state index in [-0.39, 0.29) is 12.5 Å². The summed E-state index contributed by atoms with van der Waals surface area (Å²) in [5, 5.41) is 10.0. The number of hydrogen-bond acceptors (Lipinski definition) is 4. The molecule has 5 heteroatoms. The molecule has 2 heterocycles. The lowest BCUT2D eigenvalue weighted by Gasteiger charge is -2.30. The molecule has 17 heavy (non-hydrogen) atoms. The third kappa shape index (κ3) is 2.66. The van der Waals surface area contributed by atoms with E-state index in [4.69, 9.17) is 5.11 Å². The summed E-state index contributed by atoms with van der Waals surface area (Å²) in [6, 6.07) is 0. The molecule has 1 aromatic rings. The van der Waals surface area contributed by atoms with Crippen LogP contribution in [0, 0.1) is 19.8 Å². The van der Waals surface area contributed by atoms with Gasteiger partial charge in [0, 0.05) is 24.6 Å². The van der Waals surface area contributed by atoms with Crippen LogP contribution >= 0.6 is 11.3 Å². The fraction of sp³-hybridized carbons (Fsp3) is 0.667. The number of rotatable bonds is 2. The van der Waals surface area contributed by atoms with Crippen molar-refractivity contribution in [1.82, 2.24) is 9.88 Å². The zero-order valence-corrected chi connectivity index (χ0v) is 11.1. The van der Waals surface area contributed by atoms with Gasteiger partial charge in [0.05, 0.1) is 5.01 Å². The van der Waals surface area contributed by atoms with E-state index in [1.807, 2.05) is 18.7 Å². The van der Waals surface area contributed by atoms with Crippen molar-refractivity contribution in [3.8, 4) is 0 Å². The van der Waals surface area contributed by atoms with Crippen molar-refractivity contribution in [2.45, 2.75) is 26.7 Å². The van der Waals surface area contributed by atoms with Gasteiger partial charge in [-0.05, 0) is 32.6 Å². The van der Waals surface area contributed by atoms with Gasteiger partial charge < -0.3 is 10.0 Å². The minimum Gasteiger partial charge on any atom is -0.396 e. The van der Waals surface area contributed by atoms with Crippen molar-refractivity contribution < 1.29 is 9.90 Å². The topological polar surface area (TPSA) is 53.4 Å². The van der Waals surface area contributed by atoms with Gasteiger partial charge in [-0.3, -0.25) is 4.79 Å². The molecule has 1 N–H and O–H groups in total. The lowest BCUT2D eigenvalue weighted by Crippen LogP contribution is -2.39. The van der Waals surface area contributed by atoms with Crippen molar-refractivity contribution in [2.24, 2.45) is 5.92 Å². The lowest BCUT2D eigenvalue weighted by atomic mass is 9.98. The second-order valence-electron chi connectivity index (χ2n) is 4.56. The van der Waals surface area contributed by atoms with Crippen LogP contribution in [0.3, 0.4) is 0 Å². The molecule has 1 aliphatic heterocycles. The zero-order valence-electron chi connectivity index (χ0n) is 10.3. The Morgan fingerprint density at radius 3 is 2.59 bits per heavy atom. The molecule has 1 aliphatic rings. The molecule has 1 fully saturated rings. The lowest BCUT2D eigenvalue weighted by molar-refractivity contribution is 0.0645. The number of piperidine rings is 1. The number of nitrogens with zero attached hydrogens (tertiary/aromatic N) is 2. The normalized spacial score (nSPS) is 17.5. The number of aliphatic hydroxyl groups excluding tert-OH is 1. The highest BCUT2D eigenvalue weighted by molar-refractivity contribution is 7.11. The first-order valence-electron chi connectivity index (χ1n) is 5.96. The van der Waals surface area contributed by atoms with E-state index in [0.717, 1.165) is 35.8 Å². The molecule has 4 nitrogen and oxygen atoms in total. The molecule has 1 saturated heterocycles. The fourth-order valence-electron chi connectivity index (χ4n) is 2.20. The van der Waals surface area contributed by atoms with Crippen LogP contribution in [-0.2, 0) is 0 Å². The molecule has 1 amide bonds. The summed E-state index contributed by atoms with van der Waals surface area (Å²) in [6.07, 6.45) is 1.79. The fourth-order valence-corrected chi connectivity index (χ4v) is 3.01. The van der Waals surface area contributed by atoms with Gasteiger partial charge in [-0.15, -0.1) is 11.3 Å². The molecule has 0 aliphatic carbocycles. The smallest absolute Gasteiger partial charge is 0.273 e. The third-order valence-electron chi connectivity index (χ3n) is 3.27. The van der Waals surface area contributed by atoms with E-state index in [2.05, 4.69) is 4.98 Å². The highest BCUT2D eigenvalue weighted by atomic mass is 32.1. The van der Waals surface area contributed by atoms with Crippen molar-refractivity contribution in [3.63, 3.8) is 0 Å². The summed E-state index contributed by atoms with van der Waals surface area (Å²) in [5.74, 6) is 0.403. The Hall–Kier alpha value is -0.940. The van der Waals surface area contributed by atoms with Gasteiger partial charge in [0.25, 0.3) is 5.91 Å². The van der Waals surface area contributed by atoms with E-state index >= 15 is 0 Å². The summed E-state index contributed by atoms with van der Waals surface area (Å²) in [5.41, 5.74) is 0.606. The minimum absolute atomic E-state index is 0.0447. The highest BCUT2D eigenvalue weighted by Gasteiger charge is 2.25. The molecule has 0 spiro atoms. The summed E-state index contributed by atoms with van der Waals surface area (Å²) in [6.45, 7) is 5.57.